The largest absolute Gasteiger partial charge is 0.496 e. The molecule has 140 valence electrons. The molecule has 0 saturated carbocycles. The van der Waals surface area contributed by atoms with Gasteiger partial charge < -0.3 is 15.2 Å². The quantitative estimate of drug-likeness (QED) is 0.620. The van der Waals surface area contributed by atoms with Gasteiger partial charge in [-0.25, -0.2) is 8.78 Å². The number of carbonyl (C=O) groups is 1. The van der Waals surface area contributed by atoms with Crippen LogP contribution in [0.2, 0.25) is 0 Å². The van der Waals surface area contributed by atoms with E-state index < -0.39 is 35.8 Å². The number of benzene rings is 2. The number of aliphatic hydroxyl groups excluding tert-OH is 1. The van der Waals surface area contributed by atoms with E-state index >= 15 is 0 Å². The van der Waals surface area contributed by atoms with Crippen molar-refractivity contribution in [1.82, 2.24) is 15.5 Å². The Morgan fingerprint density at radius 1 is 1.30 bits per heavy atom. The summed E-state index contributed by atoms with van der Waals surface area (Å²) in [6.07, 6.45) is 3.29. The molecule has 27 heavy (non-hydrogen) atoms. The van der Waals surface area contributed by atoms with Gasteiger partial charge in [-0.05, 0) is 30.3 Å². The monoisotopic (exact) mass is 373 g/mol. The number of hydrogen-bond donors (Lipinski definition) is 3. The van der Waals surface area contributed by atoms with Crippen LogP contribution in [0.4, 0.5) is 8.78 Å². The Morgan fingerprint density at radius 2 is 2.04 bits per heavy atom. The van der Waals surface area contributed by atoms with Crippen LogP contribution in [-0.2, 0) is 0 Å². The Balaban J connectivity index is 1.87. The molecule has 0 aliphatic heterocycles. The van der Waals surface area contributed by atoms with Crippen molar-refractivity contribution in [2.24, 2.45) is 0 Å². The summed E-state index contributed by atoms with van der Waals surface area (Å²) in [5.41, 5.74) is 1.33. The SMILES string of the molecule is COc1cc(C(=O)N[C@H](CO)c2c(F)cccc2F)ccc1-c1cn[nH]c1. The minimum Gasteiger partial charge on any atom is -0.496 e. The van der Waals surface area contributed by atoms with Gasteiger partial charge >= 0.3 is 0 Å². The molecule has 3 rings (SSSR count). The summed E-state index contributed by atoms with van der Waals surface area (Å²) in [5.74, 6) is -1.86. The highest BCUT2D eigenvalue weighted by molar-refractivity contribution is 5.95. The number of carbonyl (C=O) groups excluding carboxylic acids is 1. The van der Waals surface area contributed by atoms with Gasteiger partial charge in [-0.1, -0.05) is 6.07 Å². The molecular formula is C19H17F2N3O3. The topological polar surface area (TPSA) is 87.2 Å². The number of H-pyrrole nitrogens is 1. The summed E-state index contributed by atoms with van der Waals surface area (Å²) in [6, 6.07) is 6.85. The molecule has 1 heterocycles. The van der Waals surface area contributed by atoms with Crippen LogP contribution in [0.3, 0.4) is 0 Å². The summed E-state index contributed by atoms with van der Waals surface area (Å²) in [4.78, 5) is 12.5. The summed E-state index contributed by atoms with van der Waals surface area (Å²) >= 11 is 0. The van der Waals surface area contributed by atoms with Gasteiger partial charge in [-0.2, -0.15) is 5.10 Å². The number of rotatable bonds is 6. The average Bonchev–Trinajstić information content (AvgIpc) is 3.20. The molecule has 8 heteroatoms. The van der Waals surface area contributed by atoms with E-state index in [4.69, 9.17) is 4.74 Å². The Morgan fingerprint density at radius 3 is 2.63 bits per heavy atom. The van der Waals surface area contributed by atoms with Gasteiger partial charge in [0.05, 0.1) is 26.0 Å². The van der Waals surface area contributed by atoms with E-state index in [1.807, 2.05) is 0 Å². The molecule has 1 atom stereocenters. The molecule has 0 bridgehead atoms. The first-order valence-corrected chi connectivity index (χ1v) is 8.08. The van der Waals surface area contributed by atoms with Gasteiger partial charge in [0.1, 0.15) is 17.4 Å². The summed E-state index contributed by atoms with van der Waals surface area (Å²) in [6.45, 7) is -0.659. The summed E-state index contributed by atoms with van der Waals surface area (Å²) < 4.78 is 33.2. The number of aromatic nitrogens is 2. The number of aliphatic hydroxyl groups is 1. The normalized spacial score (nSPS) is 11.9. The van der Waals surface area contributed by atoms with Crippen molar-refractivity contribution < 1.29 is 23.4 Å². The zero-order valence-corrected chi connectivity index (χ0v) is 14.4. The highest BCUT2D eigenvalue weighted by Crippen LogP contribution is 2.30. The zero-order chi connectivity index (χ0) is 19.4. The van der Waals surface area contributed by atoms with Crippen molar-refractivity contribution in [3.63, 3.8) is 0 Å². The number of amides is 1. The Labute approximate surface area is 153 Å². The molecule has 1 amide bonds. The minimum atomic E-state index is -1.22. The van der Waals surface area contributed by atoms with Crippen LogP contribution < -0.4 is 10.1 Å². The molecular weight excluding hydrogens is 356 g/mol. The fraction of sp³-hybridized carbons (Fsp3) is 0.158. The molecule has 0 radical (unpaired) electrons. The van der Waals surface area contributed by atoms with Crippen LogP contribution >= 0.6 is 0 Å². The van der Waals surface area contributed by atoms with E-state index in [1.54, 1.807) is 24.5 Å². The van der Waals surface area contributed by atoms with E-state index in [-0.39, 0.29) is 5.56 Å². The molecule has 0 aliphatic carbocycles. The highest BCUT2D eigenvalue weighted by atomic mass is 19.1. The van der Waals surface area contributed by atoms with Crippen molar-refractivity contribution in [3.05, 3.63) is 71.6 Å². The number of nitrogens with zero attached hydrogens (tertiary/aromatic N) is 1. The van der Waals surface area contributed by atoms with E-state index in [1.165, 1.54) is 19.2 Å². The highest BCUT2D eigenvalue weighted by Gasteiger charge is 2.22. The van der Waals surface area contributed by atoms with Crippen molar-refractivity contribution >= 4 is 5.91 Å². The maximum atomic E-state index is 13.9. The molecule has 0 aliphatic rings. The van der Waals surface area contributed by atoms with Gasteiger partial charge in [0, 0.05) is 28.5 Å². The molecule has 0 saturated heterocycles. The first-order chi connectivity index (χ1) is 13.0. The van der Waals surface area contributed by atoms with Crippen molar-refractivity contribution in [3.8, 4) is 16.9 Å². The predicted molar refractivity (Wildman–Crippen MR) is 94.2 cm³/mol. The third-order valence-corrected chi connectivity index (χ3v) is 4.11. The molecule has 0 spiro atoms. The minimum absolute atomic E-state index is 0.217. The second kappa shape index (κ2) is 7.96. The number of aromatic amines is 1. The first kappa shape index (κ1) is 18.5. The second-order valence-corrected chi connectivity index (χ2v) is 5.75. The molecule has 0 unspecified atom stereocenters. The second-order valence-electron chi connectivity index (χ2n) is 5.75. The molecule has 1 aromatic heterocycles. The van der Waals surface area contributed by atoms with Gasteiger partial charge in [0.15, 0.2) is 0 Å². The Kier molecular flexibility index (Phi) is 5.46. The zero-order valence-electron chi connectivity index (χ0n) is 14.4. The smallest absolute Gasteiger partial charge is 0.251 e. The van der Waals surface area contributed by atoms with Gasteiger partial charge in [0.2, 0.25) is 0 Å². The number of halogens is 2. The van der Waals surface area contributed by atoms with Crippen LogP contribution in [0, 0.1) is 11.6 Å². The van der Waals surface area contributed by atoms with Gasteiger partial charge in [-0.3, -0.25) is 9.89 Å². The van der Waals surface area contributed by atoms with Crippen LogP contribution in [0.1, 0.15) is 22.0 Å². The predicted octanol–water partition coefficient (Wildman–Crippen LogP) is 2.83. The fourth-order valence-corrected chi connectivity index (χ4v) is 2.76. The maximum absolute atomic E-state index is 13.9. The van der Waals surface area contributed by atoms with Crippen LogP contribution in [0.5, 0.6) is 5.75 Å². The summed E-state index contributed by atoms with van der Waals surface area (Å²) in [7, 11) is 1.46. The van der Waals surface area contributed by atoms with E-state index in [2.05, 4.69) is 15.5 Å². The van der Waals surface area contributed by atoms with E-state index in [9.17, 15) is 18.7 Å². The molecule has 3 aromatic rings. The van der Waals surface area contributed by atoms with E-state index in [0.29, 0.717) is 5.75 Å². The number of nitrogens with one attached hydrogen (secondary N) is 2. The average molecular weight is 373 g/mol. The number of ether oxygens (including phenoxy) is 1. The number of methoxy groups -OCH3 is 1. The van der Waals surface area contributed by atoms with Crippen LogP contribution in [0.15, 0.2) is 48.8 Å². The fourth-order valence-electron chi connectivity index (χ4n) is 2.76. The standard InChI is InChI=1S/C19H17F2N3O3/c1-27-17-7-11(5-6-13(17)12-8-22-23-9-12)19(26)24-16(10-25)18-14(20)3-2-4-15(18)21/h2-9,16,25H,10H2,1H3,(H,22,23)(H,24,26)/t16-/m1/s1. The lowest BCUT2D eigenvalue weighted by Crippen LogP contribution is -2.32. The van der Waals surface area contributed by atoms with E-state index in [0.717, 1.165) is 23.3 Å². The lowest BCUT2D eigenvalue weighted by atomic mass is 10.0. The number of hydrogen-bond acceptors (Lipinski definition) is 4. The van der Waals surface area contributed by atoms with Gasteiger partial charge in [0.25, 0.3) is 5.91 Å². The van der Waals surface area contributed by atoms with Gasteiger partial charge in [-0.15, -0.1) is 0 Å². The third-order valence-electron chi connectivity index (χ3n) is 4.11. The first-order valence-electron chi connectivity index (χ1n) is 8.08. The lowest BCUT2D eigenvalue weighted by molar-refractivity contribution is 0.0913. The Bertz CT molecular complexity index is 925. The molecule has 2 aromatic carbocycles. The van der Waals surface area contributed by atoms with Crippen molar-refractivity contribution in [2.45, 2.75) is 6.04 Å². The van der Waals surface area contributed by atoms with Crippen molar-refractivity contribution in [1.29, 1.82) is 0 Å². The Hall–Kier alpha value is -3.26. The molecule has 3 N–H and O–H groups in total. The molecule has 6 nitrogen and oxygen atoms in total. The lowest BCUT2D eigenvalue weighted by Gasteiger charge is -2.18. The molecule has 0 fully saturated rings. The van der Waals surface area contributed by atoms with Crippen molar-refractivity contribution in [2.75, 3.05) is 13.7 Å². The summed E-state index contributed by atoms with van der Waals surface area (Å²) in [5, 5.41) is 18.5. The van der Waals surface area contributed by atoms with Crippen LogP contribution in [-0.4, -0.2) is 34.9 Å². The third kappa shape index (κ3) is 3.80. The maximum Gasteiger partial charge on any atom is 0.251 e. The van der Waals surface area contributed by atoms with Crippen LogP contribution in [0.25, 0.3) is 11.1 Å².